The van der Waals surface area contributed by atoms with E-state index < -0.39 is 0 Å². The van der Waals surface area contributed by atoms with Gasteiger partial charge in [0, 0.05) is 42.5 Å². The fraction of sp³-hybridized carbons (Fsp3) is 0.182. The van der Waals surface area contributed by atoms with Crippen molar-refractivity contribution in [1.82, 2.24) is 14.9 Å². The monoisotopic (exact) mass is 369 g/mol. The number of pyridine rings is 1. The van der Waals surface area contributed by atoms with Crippen molar-refractivity contribution >= 4 is 16.7 Å². The molecule has 1 aliphatic heterocycles. The van der Waals surface area contributed by atoms with Crippen LogP contribution in [0, 0.1) is 11.3 Å². The highest BCUT2D eigenvalue weighted by atomic mass is 16.3. The van der Waals surface area contributed by atoms with E-state index in [2.05, 4.69) is 27.0 Å². The molecule has 0 amide bonds. The Morgan fingerprint density at radius 1 is 1.29 bits per heavy atom. The van der Waals surface area contributed by atoms with Crippen LogP contribution in [0.2, 0.25) is 0 Å². The molecule has 0 saturated heterocycles. The lowest BCUT2D eigenvalue weighted by atomic mass is 9.90. The van der Waals surface area contributed by atoms with Gasteiger partial charge in [-0.05, 0) is 46.8 Å². The molecule has 6 heteroatoms. The molecule has 3 N–H and O–H groups in total. The highest BCUT2D eigenvalue weighted by Gasteiger charge is 2.26. The first kappa shape index (κ1) is 16.6. The lowest BCUT2D eigenvalue weighted by molar-refractivity contribution is 0.224. The molecule has 0 aliphatic carbocycles. The second kappa shape index (κ2) is 6.55. The van der Waals surface area contributed by atoms with E-state index in [1.165, 1.54) is 0 Å². The van der Waals surface area contributed by atoms with Gasteiger partial charge < -0.3 is 15.1 Å². The molecule has 138 valence electrons. The van der Waals surface area contributed by atoms with E-state index in [-0.39, 0.29) is 0 Å². The lowest BCUT2D eigenvalue weighted by Gasteiger charge is -2.30. The Labute approximate surface area is 162 Å². The summed E-state index contributed by atoms with van der Waals surface area (Å²) in [7, 11) is 0. The predicted molar refractivity (Wildman–Crippen MR) is 107 cm³/mol. The first-order chi connectivity index (χ1) is 13.7. The van der Waals surface area contributed by atoms with Gasteiger partial charge in [0.05, 0.1) is 12.8 Å². The van der Waals surface area contributed by atoms with E-state index in [1.807, 2.05) is 36.5 Å². The Morgan fingerprint density at radius 3 is 3.04 bits per heavy atom. The minimum Gasteiger partial charge on any atom is -0.468 e. The molecule has 0 radical (unpaired) electrons. The van der Waals surface area contributed by atoms with Crippen molar-refractivity contribution in [3.8, 4) is 17.2 Å². The molecule has 1 aliphatic rings. The van der Waals surface area contributed by atoms with Gasteiger partial charge in [-0.25, -0.2) is 4.98 Å². The third kappa shape index (κ3) is 2.73. The number of anilines is 1. The molecule has 28 heavy (non-hydrogen) atoms. The van der Waals surface area contributed by atoms with Gasteiger partial charge in [0.1, 0.15) is 23.2 Å². The fourth-order valence-electron chi connectivity index (χ4n) is 4.03. The molecule has 3 aromatic heterocycles. The number of hydrogen-bond donors (Lipinski definition) is 2. The minimum atomic E-state index is 0.310. The zero-order valence-corrected chi connectivity index (χ0v) is 15.3. The number of nitriles is 1. The van der Waals surface area contributed by atoms with Crippen LogP contribution in [0.5, 0.6) is 0 Å². The summed E-state index contributed by atoms with van der Waals surface area (Å²) >= 11 is 0. The summed E-state index contributed by atoms with van der Waals surface area (Å²) in [6, 6.07) is 14.4. The van der Waals surface area contributed by atoms with Gasteiger partial charge >= 0.3 is 0 Å². The van der Waals surface area contributed by atoms with Crippen molar-refractivity contribution in [3.05, 3.63) is 71.4 Å². The summed E-state index contributed by atoms with van der Waals surface area (Å²) in [6.07, 6.45) is 4.41. The van der Waals surface area contributed by atoms with E-state index in [4.69, 9.17) is 10.2 Å². The van der Waals surface area contributed by atoms with E-state index in [0.717, 1.165) is 58.6 Å². The molecule has 0 bridgehead atoms. The largest absolute Gasteiger partial charge is 0.468 e. The maximum Gasteiger partial charge on any atom is 0.142 e. The topological polar surface area (TPSA) is 94.9 Å². The first-order valence-electron chi connectivity index (χ1n) is 9.26. The van der Waals surface area contributed by atoms with Crippen LogP contribution in [0.4, 0.5) is 5.82 Å². The summed E-state index contributed by atoms with van der Waals surface area (Å²) in [5.74, 6) is 1.24. The van der Waals surface area contributed by atoms with Crippen molar-refractivity contribution in [2.75, 3.05) is 12.3 Å². The molecular weight excluding hydrogens is 350 g/mol. The summed E-state index contributed by atoms with van der Waals surface area (Å²) in [5.41, 5.74) is 11.6. The lowest BCUT2D eigenvalue weighted by Crippen LogP contribution is -2.31. The molecule has 6 nitrogen and oxygen atoms in total. The maximum absolute atomic E-state index is 9.80. The summed E-state index contributed by atoms with van der Waals surface area (Å²) < 4.78 is 5.51. The highest BCUT2D eigenvalue weighted by Crippen LogP contribution is 2.36. The molecule has 4 aromatic rings. The van der Waals surface area contributed by atoms with Gasteiger partial charge in [0.25, 0.3) is 0 Å². The number of rotatable bonds is 3. The number of furan rings is 1. The van der Waals surface area contributed by atoms with Crippen molar-refractivity contribution in [3.63, 3.8) is 0 Å². The average Bonchev–Trinajstić information content (AvgIpc) is 3.38. The van der Waals surface area contributed by atoms with Crippen LogP contribution in [0.15, 0.2) is 53.3 Å². The summed E-state index contributed by atoms with van der Waals surface area (Å²) in [6.45, 7) is 2.32. The van der Waals surface area contributed by atoms with Gasteiger partial charge in [-0.1, -0.05) is 6.07 Å². The average molecular weight is 369 g/mol. The smallest absolute Gasteiger partial charge is 0.142 e. The molecule has 0 atom stereocenters. The van der Waals surface area contributed by atoms with Gasteiger partial charge in [0.2, 0.25) is 0 Å². The number of aromatic amines is 1. The van der Waals surface area contributed by atoms with Crippen LogP contribution in [-0.2, 0) is 19.5 Å². The minimum absolute atomic E-state index is 0.310. The van der Waals surface area contributed by atoms with Crippen molar-refractivity contribution < 1.29 is 4.42 Å². The Hall–Kier alpha value is -3.56. The maximum atomic E-state index is 9.80. The van der Waals surface area contributed by atoms with Crippen LogP contribution >= 0.6 is 0 Å². The number of hydrogen-bond acceptors (Lipinski definition) is 5. The van der Waals surface area contributed by atoms with E-state index in [0.29, 0.717) is 17.9 Å². The van der Waals surface area contributed by atoms with E-state index in [1.54, 1.807) is 6.26 Å². The number of nitrogens with two attached hydrogens (primary N) is 1. The van der Waals surface area contributed by atoms with Crippen LogP contribution in [-0.4, -0.2) is 21.4 Å². The zero-order valence-electron chi connectivity index (χ0n) is 15.3. The molecule has 4 heterocycles. The Balaban J connectivity index is 1.63. The summed E-state index contributed by atoms with van der Waals surface area (Å²) in [4.78, 5) is 10.1. The van der Waals surface area contributed by atoms with Crippen molar-refractivity contribution in [1.29, 1.82) is 5.26 Å². The Kier molecular flexibility index (Phi) is 3.89. The number of aromatic nitrogens is 2. The van der Waals surface area contributed by atoms with Crippen molar-refractivity contribution in [2.45, 2.75) is 19.5 Å². The third-order valence-corrected chi connectivity index (χ3v) is 5.37. The molecule has 5 rings (SSSR count). The number of fused-ring (bicyclic) bond motifs is 2. The number of nitrogens with zero attached hydrogens (tertiary/aromatic N) is 3. The molecule has 1 aromatic carbocycles. The van der Waals surface area contributed by atoms with E-state index >= 15 is 0 Å². The van der Waals surface area contributed by atoms with Crippen LogP contribution in [0.1, 0.15) is 22.6 Å². The number of nitrogens with one attached hydrogen (secondary N) is 1. The van der Waals surface area contributed by atoms with Gasteiger partial charge in [-0.15, -0.1) is 0 Å². The second-order valence-electron chi connectivity index (χ2n) is 7.10. The standard InChI is InChI=1S/C22H19N5O/c23-11-17-21(15-3-4-19-14(10-15)5-7-25-19)18-13-27(12-16-2-1-9-28-16)8-6-20(18)26-22(17)24/h1-5,7,9-10,25H,6,8,12-13H2,(H2,24,26). The zero-order chi connectivity index (χ0) is 19.1. The molecule has 0 spiro atoms. The van der Waals surface area contributed by atoms with Crippen LogP contribution in [0.3, 0.4) is 0 Å². The predicted octanol–water partition coefficient (Wildman–Crippen LogP) is 3.84. The van der Waals surface area contributed by atoms with Gasteiger partial charge in [0.15, 0.2) is 0 Å². The Bertz CT molecular complexity index is 1200. The van der Waals surface area contributed by atoms with Crippen LogP contribution < -0.4 is 5.73 Å². The van der Waals surface area contributed by atoms with Gasteiger partial charge in [-0.2, -0.15) is 5.26 Å². The fourth-order valence-corrected chi connectivity index (χ4v) is 4.03. The molecule has 0 fully saturated rings. The second-order valence-corrected chi connectivity index (χ2v) is 7.10. The number of benzene rings is 1. The Morgan fingerprint density at radius 2 is 2.21 bits per heavy atom. The molecule has 0 unspecified atom stereocenters. The highest BCUT2D eigenvalue weighted by molar-refractivity contribution is 5.88. The summed E-state index contributed by atoms with van der Waals surface area (Å²) in [5, 5.41) is 10.9. The molecular formula is C22H19N5O. The SMILES string of the molecule is N#Cc1c(N)nc2c(c1-c1ccc3[nH]ccc3c1)CN(Cc1ccco1)CC2. The number of H-pyrrole nitrogens is 1. The van der Waals surface area contributed by atoms with Crippen molar-refractivity contribution in [2.24, 2.45) is 0 Å². The van der Waals surface area contributed by atoms with Crippen LogP contribution in [0.25, 0.3) is 22.0 Å². The quantitative estimate of drug-likeness (QED) is 0.572. The normalized spacial score (nSPS) is 14.1. The third-order valence-electron chi connectivity index (χ3n) is 5.37. The van der Waals surface area contributed by atoms with E-state index in [9.17, 15) is 5.26 Å². The first-order valence-corrected chi connectivity index (χ1v) is 9.26. The van der Waals surface area contributed by atoms with Gasteiger partial charge in [-0.3, -0.25) is 4.90 Å². The molecule has 0 saturated carbocycles. The number of nitrogen functional groups attached to an aromatic ring is 1.